The molecule has 26 heavy (non-hydrogen) atoms. The standard InChI is InChI=1S/C17H16F3N3O2S/c18-17(19,20)13-3-1-2-12(8-13)15(25)23(9-11-4-5-11)10-14(24)22-16-21-6-7-26-16/h1-3,6-8,11H,4-5,9-10H2,(H,21,22,24). The first-order valence-corrected chi connectivity index (χ1v) is 8.87. The topological polar surface area (TPSA) is 62.3 Å². The number of benzene rings is 1. The van der Waals surface area contributed by atoms with Gasteiger partial charge in [0.2, 0.25) is 5.91 Å². The zero-order valence-electron chi connectivity index (χ0n) is 13.6. The van der Waals surface area contributed by atoms with Crippen molar-refractivity contribution in [1.29, 1.82) is 0 Å². The molecule has 1 heterocycles. The summed E-state index contributed by atoms with van der Waals surface area (Å²) in [6.45, 7) is 0.117. The maximum Gasteiger partial charge on any atom is 0.416 e. The number of hydrogen-bond acceptors (Lipinski definition) is 4. The average Bonchev–Trinajstić information content (AvgIpc) is 3.26. The Kier molecular flexibility index (Phi) is 5.26. The number of anilines is 1. The lowest BCUT2D eigenvalue weighted by molar-refractivity contribution is -0.137. The van der Waals surface area contributed by atoms with Crippen LogP contribution in [0.1, 0.15) is 28.8 Å². The van der Waals surface area contributed by atoms with E-state index in [1.54, 1.807) is 5.38 Å². The second kappa shape index (κ2) is 7.45. The minimum atomic E-state index is -4.53. The molecule has 1 fully saturated rings. The van der Waals surface area contributed by atoms with E-state index in [9.17, 15) is 22.8 Å². The van der Waals surface area contributed by atoms with Gasteiger partial charge in [0, 0.05) is 23.7 Å². The van der Waals surface area contributed by atoms with E-state index in [4.69, 9.17) is 0 Å². The molecule has 1 aromatic carbocycles. The highest BCUT2D eigenvalue weighted by molar-refractivity contribution is 7.13. The number of carbonyl (C=O) groups excluding carboxylic acids is 2. The van der Waals surface area contributed by atoms with Gasteiger partial charge >= 0.3 is 6.18 Å². The molecule has 3 rings (SSSR count). The Morgan fingerprint density at radius 1 is 1.31 bits per heavy atom. The van der Waals surface area contributed by atoms with Gasteiger partial charge in [-0.3, -0.25) is 9.59 Å². The fraction of sp³-hybridized carbons (Fsp3) is 0.353. The molecule has 1 N–H and O–H groups in total. The third-order valence-corrected chi connectivity index (χ3v) is 4.60. The lowest BCUT2D eigenvalue weighted by atomic mass is 10.1. The predicted octanol–water partition coefficient (Wildman–Crippen LogP) is 3.65. The summed E-state index contributed by atoms with van der Waals surface area (Å²) in [4.78, 5) is 30.1. The van der Waals surface area contributed by atoms with Gasteiger partial charge in [0.05, 0.1) is 5.56 Å². The van der Waals surface area contributed by atoms with Crippen LogP contribution >= 0.6 is 11.3 Å². The first-order valence-electron chi connectivity index (χ1n) is 7.99. The second-order valence-corrected chi connectivity index (χ2v) is 6.99. The normalized spacial score (nSPS) is 14.1. The van der Waals surface area contributed by atoms with Crippen LogP contribution in [0.2, 0.25) is 0 Å². The fourth-order valence-corrected chi connectivity index (χ4v) is 3.00. The summed E-state index contributed by atoms with van der Waals surface area (Å²) in [5, 5.41) is 4.69. The minimum Gasteiger partial charge on any atom is -0.329 e. The molecule has 1 aromatic heterocycles. The van der Waals surface area contributed by atoms with Crippen LogP contribution in [0.4, 0.5) is 18.3 Å². The molecular formula is C17H16F3N3O2S. The highest BCUT2D eigenvalue weighted by Crippen LogP contribution is 2.32. The molecule has 0 spiro atoms. The SMILES string of the molecule is O=C(CN(CC1CC1)C(=O)c1cccc(C(F)(F)F)c1)Nc1nccs1. The first-order chi connectivity index (χ1) is 12.3. The number of thiazole rings is 1. The molecule has 2 amide bonds. The molecule has 0 saturated heterocycles. The number of halogens is 3. The number of hydrogen-bond donors (Lipinski definition) is 1. The molecule has 0 radical (unpaired) electrons. The van der Waals surface area contributed by atoms with Crippen LogP contribution in [0.3, 0.4) is 0 Å². The third-order valence-electron chi connectivity index (χ3n) is 3.91. The molecule has 0 atom stereocenters. The van der Waals surface area contributed by atoms with Crippen molar-refractivity contribution in [2.75, 3.05) is 18.4 Å². The van der Waals surface area contributed by atoms with Gasteiger partial charge in [0.1, 0.15) is 6.54 Å². The minimum absolute atomic E-state index is 0.0810. The van der Waals surface area contributed by atoms with Crippen LogP contribution in [0.5, 0.6) is 0 Å². The van der Waals surface area contributed by atoms with E-state index >= 15 is 0 Å². The van der Waals surface area contributed by atoms with E-state index in [0.29, 0.717) is 11.7 Å². The van der Waals surface area contributed by atoms with Crippen LogP contribution in [0, 0.1) is 5.92 Å². The van der Waals surface area contributed by atoms with Crippen molar-refractivity contribution in [3.8, 4) is 0 Å². The van der Waals surface area contributed by atoms with Crippen LogP contribution in [0.15, 0.2) is 35.8 Å². The molecule has 0 unspecified atom stereocenters. The molecule has 1 saturated carbocycles. The van der Waals surface area contributed by atoms with E-state index < -0.39 is 23.6 Å². The monoisotopic (exact) mass is 383 g/mol. The van der Waals surface area contributed by atoms with Crippen LogP contribution in [-0.2, 0) is 11.0 Å². The Morgan fingerprint density at radius 2 is 2.08 bits per heavy atom. The number of carbonyl (C=O) groups is 2. The summed E-state index contributed by atoms with van der Waals surface area (Å²) < 4.78 is 38.6. The van der Waals surface area contributed by atoms with Gasteiger partial charge in [0.25, 0.3) is 5.91 Å². The molecule has 9 heteroatoms. The van der Waals surface area contributed by atoms with E-state index in [-0.39, 0.29) is 18.0 Å². The number of alkyl halides is 3. The Balaban J connectivity index is 1.74. The Bertz CT molecular complexity index is 789. The molecule has 0 bridgehead atoms. The zero-order chi connectivity index (χ0) is 18.7. The quantitative estimate of drug-likeness (QED) is 0.828. The van der Waals surface area contributed by atoms with Crippen molar-refractivity contribution in [2.24, 2.45) is 5.92 Å². The van der Waals surface area contributed by atoms with E-state index in [1.807, 2.05) is 0 Å². The molecule has 5 nitrogen and oxygen atoms in total. The summed E-state index contributed by atoms with van der Waals surface area (Å²) in [6, 6.07) is 4.26. The van der Waals surface area contributed by atoms with Crippen LogP contribution < -0.4 is 5.32 Å². The maximum atomic E-state index is 12.9. The Hall–Kier alpha value is -2.42. The average molecular weight is 383 g/mol. The van der Waals surface area contributed by atoms with Crippen molar-refractivity contribution in [2.45, 2.75) is 19.0 Å². The van der Waals surface area contributed by atoms with Gasteiger partial charge in [-0.2, -0.15) is 13.2 Å². The predicted molar refractivity (Wildman–Crippen MR) is 90.8 cm³/mol. The molecule has 2 aromatic rings. The number of amides is 2. The molecule has 0 aliphatic heterocycles. The lowest BCUT2D eigenvalue weighted by Crippen LogP contribution is -2.39. The summed E-state index contributed by atoms with van der Waals surface area (Å²) in [6.07, 6.45) is -1.10. The Labute approximate surface area is 151 Å². The first kappa shape index (κ1) is 18.4. The maximum absolute atomic E-state index is 12.9. The number of rotatable bonds is 6. The Morgan fingerprint density at radius 3 is 2.69 bits per heavy atom. The van der Waals surface area contributed by atoms with Crippen molar-refractivity contribution >= 4 is 28.3 Å². The molecule has 1 aliphatic rings. The van der Waals surface area contributed by atoms with Crippen LogP contribution in [0.25, 0.3) is 0 Å². The van der Waals surface area contributed by atoms with Gasteiger partial charge in [-0.25, -0.2) is 4.98 Å². The summed E-state index contributed by atoms with van der Waals surface area (Å²) in [5.41, 5.74) is -0.968. The van der Waals surface area contributed by atoms with Crippen LogP contribution in [-0.4, -0.2) is 34.8 Å². The van der Waals surface area contributed by atoms with E-state index in [0.717, 1.165) is 25.0 Å². The molecule has 1 aliphatic carbocycles. The summed E-state index contributed by atoms with van der Waals surface area (Å²) in [5.74, 6) is -0.726. The fourth-order valence-electron chi connectivity index (χ4n) is 2.46. The number of nitrogens with one attached hydrogen (secondary N) is 1. The van der Waals surface area contributed by atoms with Gasteiger partial charge in [-0.15, -0.1) is 11.3 Å². The van der Waals surface area contributed by atoms with E-state index in [1.165, 1.54) is 34.6 Å². The third kappa shape index (κ3) is 4.81. The zero-order valence-corrected chi connectivity index (χ0v) is 14.4. The van der Waals surface area contributed by atoms with Gasteiger partial charge < -0.3 is 10.2 Å². The smallest absolute Gasteiger partial charge is 0.329 e. The largest absolute Gasteiger partial charge is 0.416 e. The van der Waals surface area contributed by atoms with Gasteiger partial charge in [0.15, 0.2) is 5.13 Å². The number of aromatic nitrogens is 1. The molecular weight excluding hydrogens is 367 g/mol. The number of nitrogens with zero attached hydrogens (tertiary/aromatic N) is 2. The molecule has 138 valence electrons. The van der Waals surface area contributed by atoms with E-state index in [2.05, 4.69) is 10.3 Å². The summed E-state index contributed by atoms with van der Waals surface area (Å²) >= 11 is 1.24. The van der Waals surface area contributed by atoms with Crippen molar-refractivity contribution < 1.29 is 22.8 Å². The van der Waals surface area contributed by atoms with Gasteiger partial charge in [-0.1, -0.05) is 6.07 Å². The highest BCUT2D eigenvalue weighted by atomic mass is 32.1. The van der Waals surface area contributed by atoms with Crippen molar-refractivity contribution in [3.05, 3.63) is 47.0 Å². The second-order valence-electron chi connectivity index (χ2n) is 6.09. The summed E-state index contributed by atoms with van der Waals surface area (Å²) in [7, 11) is 0. The van der Waals surface area contributed by atoms with Crippen molar-refractivity contribution in [1.82, 2.24) is 9.88 Å². The highest BCUT2D eigenvalue weighted by Gasteiger charge is 2.32. The van der Waals surface area contributed by atoms with Crippen molar-refractivity contribution in [3.63, 3.8) is 0 Å². The lowest BCUT2D eigenvalue weighted by Gasteiger charge is -2.22. The van der Waals surface area contributed by atoms with Gasteiger partial charge in [-0.05, 0) is 37.0 Å².